The van der Waals surface area contributed by atoms with Gasteiger partial charge in [0.2, 0.25) is 0 Å². The first kappa shape index (κ1) is 22.3. The van der Waals surface area contributed by atoms with Gasteiger partial charge >= 0.3 is 0 Å². The van der Waals surface area contributed by atoms with Crippen LogP contribution in [-0.2, 0) is 11.3 Å². The Kier molecular flexibility index (Phi) is 7.72. The number of nitrogens with zero attached hydrogens (tertiary/aromatic N) is 2. The van der Waals surface area contributed by atoms with Gasteiger partial charge in [0, 0.05) is 48.2 Å². The number of halogens is 1. The van der Waals surface area contributed by atoms with Crippen LogP contribution in [-0.4, -0.2) is 48.6 Å². The van der Waals surface area contributed by atoms with Gasteiger partial charge in [0.15, 0.2) is 0 Å². The van der Waals surface area contributed by atoms with E-state index in [0.717, 1.165) is 24.2 Å². The van der Waals surface area contributed by atoms with Crippen molar-refractivity contribution in [1.29, 1.82) is 0 Å². The second-order valence-corrected chi connectivity index (χ2v) is 8.04. The van der Waals surface area contributed by atoms with Crippen molar-refractivity contribution in [2.24, 2.45) is 0 Å². The molecule has 6 nitrogen and oxygen atoms in total. The second-order valence-electron chi connectivity index (χ2n) is 7.60. The monoisotopic (exact) mass is 451 g/mol. The van der Waals surface area contributed by atoms with Gasteiger partial charge in [-0.05, 0) is 42.0 Å². The van der Waals surface area contributed by atoms with E-state index < -0.39 is 0 Å². The number of carbonyl (C=O) groups excluding carboxylic acids is 1. The molecule has 1 unspecified atom stereocenters. The number of hydrogen-bond donors (Lipinski definition) is 1. The van der Waals surface area contributed by atoms with Gasteiger partial charge in [-0.25, -0.2) is 0 Å². The van der Waals surface area contributed by atoms with Crippen molar-refractivity contribution in [3.63, 3.8) is 0 Å². The zero-order valence-electron chi connectivity index (χ0n) is 17.7. The number of pyridine rings is 1. The van der Waals surface area contributed by atoms with Crippen LogP contribution in [0.2, 0.25) is 5.02 Å². The molecule has 0 spiro atoms. The maximum Gasteiger partial charge on any atom is 0.251 e. The summed E-state index contributed by atoms with van der Waals surface area (Å²) >= 11 is 6.07. The highest BCUT2D eigenvalue weighted by atomic mass is 35.5. The van der Waals surface area contributed by atoms with Crippen molar-refractivity contribution < 1.29 is 14.3 Å². The lowest BCUT2D eigenvalue weighted by molar-refractivity contribution is 0.0162. The van der Waals surface area contributed by atoms with Crippen LogP contribution in [0.3, 0.4) is 0 Å². The molecule has 2 aromatic carbocycles. The average Bonchev–Trinajstić information content (AvgIpc) is 2.85. The number of nitrogens with one attached hydrogen (secondary N) is 1. The molecule has 1 aromatic heterocycles. The van der Waals surface area contributed by atoms with Crippen molar-refractivity contribution in [2.75, 3.05) is 32.8 Å². The minimum atomic E-state index is -0.135. The van der Waals surface area contributed by atoms with Crippen LogP contribution in [0.15, 0.2) is 73.1 Å². The summed E-state index contributed by atoms with van der Waals surface area (Å²) in [5.41, 5.74) is 2.65. The number of benzene rings is 2. The fourth-order valence-electron chi connectivity index (χ4n) is 3.70. The van der Waals surface area contributed by atoms with Crippen molar-refractivity contribution in [1.82, 2.24) is 15.2 Å². The minimum Gasteiger partial charge on any atom is -0.489 e. The molecule has 0 aliphatic carbocycles. The number of rotatable bonds is 8. The van der Waals surface area contributed by atoms with Crippen molar-refractivity contribution in [3.05, 3.63) is 94.8 Å². The van der Waals surface area contributed by atoms with Crippen LogP contribution in [0.1, 0.15) is 27.5 Å². The molecule has 1 atom stereocenters. The summed E-state index contributed by atoms with van der Waals surface area (Å²) in [6, 6.07) is 18.9. The Labute approximate surface area is 193 Å². The zero-order valence-corrected chi connectivity index (χ0v) is 18.5. The summed E-state index contributed by atoms with van der Waals surface area (Å²) in [4.78, 5) is 19.3. The first-order valence-corrected chi connectivity index (χ1v) is 11.0. The molecule has 2 heterocycles. The molecule has 0 radical (unpaired) electrons. The Morgan fingerprint density at radius 3 is 2.69 bits per heavy atom. The molecule has 0 bridgehead atoms. The van der Waals surface area contributed by atoms with E-state index in [-0.39, 0.29) is 11.9 Å². The Morgan fingerprint density at radius 1 is 1.12 bits per heavy atom. The predicted molar refractivity (Wildman–Crippen MR) is 124 cm³/mol. The summed E-state index contributed by atoms with van der Waals surface area (Å²) in [6.07, 6.45) is 3.49. The van der Waals surface area contributed by atoms with E-state index in [9.17, 15) is 4.79 Å². The van der Waals surface area contributed by atoms with Gasteiger partial charge in [-0.3, -0.25) is 14.7 Å². The molecule has 7 heteroatoms. The zero-order chi connectivity index (χ0) is 22.2. The molecule has 1 aliphatic heterocycles. The van der Waals surface area contributed by atoms with Gasteiger partial charge in [-0.2, -0.15) is 0 Å². The lowest BCUT2D eigenvalue weighted by atomic mass is 10.0. The van der Waals surface area contributed by atoms with Gasteiger partial charge in [-0.15, -0.1) is 0 Å². The van der Waals surface area contributed by atoms with E-state index in [1.165, 1.54) is 0 Å². The number of ether oxygens (including phenoxy) is 2. The van der Waals surface area contributed by atoms with Crippen molar-refractivity contribution in [2.45, 2.75) is 12.6 Å². The fraction of sp³-hybridized carbons (Fsp3) is 0.280. The van der Waals surface area contributed by atoms with Crippen LogP contribution in [0, 0.1) is 0 Å². The van der Waals surface area contributed by atoms with E-state index in [1.807, 2.05) is 48.5 Å². The largest absolute Gasteiger partial charge is 0.489 e. The third-order valence-electron chi connectivity index (χ3n) is 5.42. The third-order valence-corrected chi connectivity index (χ3v) is 5.67. The first-order valence-electron chi connectivity index (χ1n) is 10.7. The van der Waals surface area contributed by atoms with Gasteiger partial charge in [0.1, 0.15) is 12.4 Å². The first-order chi connectivity index (χ1) is 15.7. The predicted octanol–water partition coefficient (Wildman–Crippen LogP) is 4.12. The van der Waals surface area contributed by atoms with Crippen molar-refractivity contribution in [3.8, 4) is 5.75 Å². The number of hydrogen-bond acceptors (Lipinski definition) is 5. The number of amides is 1. The second kappa shape index (κ2) is 11.1. The van der Waals surface area contributed by atoms with Gasteiger partial charge in [0.25, 0.3) is 5.91 Å². The van der Waals surface area contributed by atoms with Crippen molar-refractivity contribution >= 4 is 17.5 Å². The van der Waals surface area contributed by atoms with Crippen LogP contribution >= 0.6 is 11.6 Å². The molecule has 32 heavy (non-hydrogen) atoms. The van der Waals surface area contributed by atoms with E-state index in [2.05, 4.69) is 15.2 Å². The van der Waals surface area contributed by atoms with Crippen LogP contribution in [0.25, 0.3) is 0 Å². The number of morpholine rings is 1. The molecular weight excluding hydrogens is 426 g/mol. The summed E-state index contributed by atoms with van der Waals surface area (Å²) in [7, 11) is 0. The molecule has 1 saturated heterocycles. The third kappa shape index (κ3) is 6.07. The molecule has 1 aliphatic rings. The molecule has 4 rings (SSSR count). The smallest absolute Gasteiger partial charge is 0.251 e. The summed E-state index contributed by atoms with van der Waals surface area (Å²) < 4.78 is 11.3. The summed E-state index contributed by atoms with van der Waals surface area (Å²) in [5, 5.41) is 3.79. The highest BCUT2D eigenvalue weighted by Gasteiger charge is 2.23. The molecule has 1 amide bonds. The summed E-state index contributed by atoms with van der Waals surface area (Å²) in [5.74, 6) is 0.507. The summed E-state index contributed by atoms with van der Waals surface area (Å²) in [6.45, 7) is 3.90. The highest BCUT2D eigenvalue weighted by Crippen LogP contribution is 2.23. The van der Waals surface area contributed by atoms with E-state index in [0.29, 0.717) is 42.7 Å². The molecule has 166 valence electrons. The number of aromatic nitrogens is 1. The van der Waals surface area contributed by atoms with E-state index >= 15 is 0 Å². The Hall–Kier alpha value is -2.93. The average molecular weight is 452 g/mol. The molecule has 3 aromatic rings. The lowest BCUT2D eigenvalue weighted by Crippen LogP contribution is -2.43. The lowest BCUT2D eigenvalue weighted by Gasteiger charge is -2.35. The normalized spacial score (nSPS) is 15.2. The topological polar surface area (TPSA) is 63.7 Å². The van der Waals surface area contributed by atoms with Crippen LogP contribution < -0.4 is 10.1 Å². The quantitative estimate of drug-likeness (QED) is 0.558. The maximum absolute atomic E-state index is 12.9. The van der Waals surface area contributed by atoms with Gasteiger partial charge < -0.3 is 14.8 Å². The number of carbonyl (C=O) groups is 1. The van der Waals surface area contributed by atoms with Gasteiger partial charge in [-0.1, -0.05) is 35.9 Å². The Morgan fingerprint density at radius 2 is 1.94 bits per heavy atom. The molecule has 0 saturated carbocycles. The standard InChI is InChI=1S/C25H26ClN3O3/c26-22-8-6-20(7-9-22)24(29-11-13-31-14-12-29)17-28-25(30)21-4-1-5-23(15-21)32-18-19-3-2-10-27-16-19/h1-10,15-16,24H,11-14,17-18H2,(H,28,30). The SMILES string of the molecule is O=C(NCC(c1ccc(Cl)cc1)N1CCOCC1)c1cccc(OCc2cccnc2)c1. The van der Waals surface area contributed by atoms with Crippen LogP contribution in [0.5, 0.6) is 5.75 Å². The minimum absolute atomic E-state index is 0.0464. The van der Waals surface area contributed by atoms with Gasteiger partial charge in [0.05, 0.1) is 19.3 Å². The molecular formula is C25H26ClN3O3. The van der Waals surface area contributed by atoms with E-state index in [1.54, 1.807) is 24.5 Å². The fourth-order valence-corrected chi connectivity index (χ4v) is 3.83. The highest BCUT2D eigenvalue weighted by molar-refractivity contribution is 6.30. The molecule has 1 fully saturated rings. The van der Waals surface area contributed by atoms with Crippen LogP contribution in [0.4, 0.5) is 0 Å². The molecule has 1 N–H and O–H groups in total. The maximum atomic E-state index is 12.9. The Bertz CT molecular complexity index is 1010. The Balaban J connectivity index is 1.40. The van der Waals surface area contributed by atoms with E-state index in [4.69, 9.17) is 21.1 Å².